The van der Waals surface area contributed by atoms with Gasteiger partial charge in [0.15, 0.2) is 11.6 Å². The molecule has 278 valence electrons. The summed E-state index contributed by atoms with van der Waals surface area (Å²) in [7, 11) is 0. The lowest BCUT2D eigenvalue weighted by Gasteiger charge is -2.15. The van der Waals surface area contributed by atoms with E-state index in [-0.39, 0.29) is 0 Å². The molecule has 13 rings (SSSR count). The minimum atomic E-state index is 0.542. The fraction of sp³-hybridized carbons (Fsp3) is 0. The molecule has 0 unspecified atom stereocenters. The summed E-state index contributed by atoms with van der Waals surface area (Å²) in [5, 5.41) is 13.6. The summed E-state index contributed by atoms with van der Waals surface area (Å²) in [6.45, 7) is 0. The lowest BCUT2D eigenvalue weighted by atomic mass is 9.93. The highest BCUT2D eigenvalue weighted by Crippen LogP contribution is 2.46. The zero-order chi connectivity index (χ0) is 39.3. The van der Waals surface area contributed by atoms with Crippen LogP contribution in [0.5, 0.6) is 0 Å². The van der Waals surface area contributed by atoms with Crippen LogP contribution in [0.25, 0.3) is 127 Å². The van der Waals surface area contributed by atoms with E-state index in [1.54, 1.807) is 0 Å². The third-order valence-electron chi connectivity index (χ3n) is 12.2. The first kappa shape index (κ1) is 32.9. The second-order valence-corrected chi connectivity index (χ2v) is 15.6. The normalized spacial score (nSPS) is 12.0. The van der Waals surface area contributed by atoms with Crippen LogP contribution < -0.4 is 0 Å². The van der Waals surface area contributed by atoms with Crippen LogP contribution in [0.1, 0.15) is 0 Å². The summed E-state index contributed by atoms with van der Waals surface area (Å²) in [6, 6.07) is 68.6. The standard InChI is InChI=1S/C55H32N4O/c1-3-15-36-30-39(26-24-33(36)12-1)53-56-54(40-27-25-34-13-2-4-16-37(34)31-40)58-55(57-53)59-47-29-28-35-14-5-7-18-41(35)49(47)44-21-11-22-45(51(44)59)50-42-19-8-6-17-38(42)32-46-43-20-9-10-23-48(43)60-52(46)50/h1-32H. The van der Waals surface area contributed by atoms with Crippen molar-refractivity contribution in [2.45, 2.75) is 0 Å². The van der Waals surface area contributed by atoms with Gasteiger partial charge in [-0.15, -0.1) is 0 Å². The molecule has 0 aliphatic rings. The first-order valence-corrected chi connectivity index (χ1v) is 20.3. The molecule has 0 N–H and O–H groups in total. The number of rotatable bonds is 4. The molecule has 0 saturated carbocycles. The Labute approximate surface area is 343 Å². The smallest absolute Gasteiger partial charge is 0.238 e. The van der Waals surface area contributed by atoms with Crippen molar-refractivity contribution in [1.82, 2.24) is 19.5 Å². The first-order chi connectivity index (χ1) is 29.7. The van der Waals surface area contributed by atoms with Crippen LogP contribution in [0, 0.1) is 0 Å². The summed E-state index contributed by atoms with van der Waals surface area (Å²) >= 11 is 0. The van der Waals surface area contributed by atoms with Gasteiger partial charge in [-0.2, -0.15) is 9.97 Å². The molecule has 0 fully saturated rings. The molecule has 5 heteroatoms. The van der Waals surface area contributed by atoms with Gasteiger partial charge in [-0.1, -0.05) is 164 Å². The van der Waals surface area contributed by atoms with Gasteiger partial charge in [0, 0.05) is 43.8 Å². The highest BCUT2D eigenvalue weighted by molar-refractivity contribution is 6.26. The summed E-state index contributed by atoms with van der Waals surface area (Å²) < 4.78 is 9.12. The van der Waals surface area contributed by atoms with Gasteiger partial charge in [0.25, 0.3) is 0 Å². The third kappa shape index (κ3) is 4.90. The van der Waals surface area contributed by atoms with E-state index in [1.165, 1.54) is 10.8 Å². The molecule has 0 atom stereocenters. The van der Waals surface area contributed by atoms with Crippen molar-refractivity contribution < 1.29 is 4.42 Å². The molecule has 0 saturated heterocycles. The van der Waals surface area contributed by atoms with E-state index in [0.717, 1.165) is 98.3 Å². The van der Waals surface area contributed by atoms with Crippen molar-refractivity contribution in [2.75, 3.05) is 0 Å². The van der Waals surface area contributed by atoms with Gasteiger partial charge in [0.2, 0.25) is 5.95 Å². The quantitative estimate of drug-likeness (QED) is 0.179. The Morgan fingerprint density at radius 1 is 0.383 bits per heavy atom. The maximum absolute atomic E-state index is 6.86. The van der Waals surface area contributed by atoms with Crippen molar-refractivity contribution in [1.29, 1.82) is 0 Å². The number of para-hydroxylation sites is 2. The van der Waals surface area contributed by atoms with Gasteiger partial charge >= 0.3 is 0 Å². The van der Waals surface area contributed by atoms with Crippen LogP contribution in [0.3, 0.4) is 0 Å². The van der Waals surface area contributed by atoms with E-state index in [9.17, 15) is 0 Å². The number of nitrogens with zero attached hydrogens (tertiary/aromatic N) is 4. The van der Waals surface area contributed by atoms with E-state index >= 15 is 0 Å². The highest BCUT2D eigenvalue weighted by atomic mass is 16.3. The van der Waals surface area contributed by atoms with E-state index < -0.39 is 0 Å². The summed E-state index contributed by atoms with van der Waals surface area (Å²) in [4.78, 5) is 16.1. The van der Waals surface area contributed by atoms with Crippen molar-refractivity contribution in [3.63, 3.8) is 0 Å². The maximum atomic E-state index is 6.86. The number of benzene rings is 10. The van der Waals surface area contributed by atoms with Gasteiger partial charge in [-0.05, 0) is 73.4 Å². The Bertz CT molecular complexity index is 3820. The second kappa shape index (κ2) is 12.7. The second-order valence-electron chi connectivity index (χ2n) is 15.6. The third-order valence-corrected chi connectivity index (χ3v) is 12.2. The van der Waals surface area contributed by atoms with Crippen molar-refractivity contribution >= 4 is 86.8 Å². The molecule has 0 aliphatic heterocycles. The molecule has 13 aromatic rings. The Hall–Kier alpha value is -8.15. The van der Waals surface area contributed by atoms with Crippen molar-refractivity contribution in [2.24, 2.45) is 0 Å². The maximum Gasteiger partial charge on any atom is 0.238 e. The van der Waals surface area contributed by atoms with Gasteiger partial charge < -0.3 is 4.42 Å². The van der Waals surface area contributed by atoms with Crippen molar-refractivity contribution in [3.05, 3.63) is 194 Å². The van der Waals surface area contributed by atoms with Gasteiger partial charge in [0.1, 0.15) is 11.2 Å². The summed E-state index contributed by atoms with van der Waals surface area (Å²) in [6.07, 6.45) is 0. The Morgan fingerprint density at radius 3 is 1.67 bits per heavy atom. The lowest BCUT2D eigenvalue weighted by Crippen LogP contribution is -2.07. The molecule has 0 amide bonds. The minimum absolute atomic E-state index is 0.542. The number of aromatic nitrogens is 4. The van der Waals surface area contributed by atoms with Gasteiger partial charge in [-0.25, -0.2) is 4.98 Å². The molecule has 0 aliphatic carbocycles. The molecule has 5 nitrogen and oxygen atoms in total. The lowest BCUT2D eigenvalue weighted by molar-refractivity contribution is 0.670. The van der Waals surface area contributed by atoms with Gasteiger partial charge in [-0.3, -0.25) is 4.57 Å². The monoisotopic (exact) mass is 764 g/mol. The zero-order valence-corrected chi connectivity index (χ0v) is 32.2. The number of furan rings is 1. The Morgan fingerprint density at radius 2 is 0.950 bits per heavy atom. The topological polar surface area (TPSA) is 56.7 Å². The Balaban J connectivity index is 1.19. The first-order valence-electron chi connectivity index (χ1n) is 20.3. The van der Waals surface area contributed by atoms with Crippen LogP contribution in [0.2, 0.25) is 0 Å². The van der Waals surface area contributed by atoms with E-state index in [0.29, 0.717) is 17.6 Å². The van der Waals surface area contributed by atoms with E-state index in [4.69, 9.17) is 19.4 Å². The predicted octanol–water partition coefficient (Wildman–Crippen LogP) is 14.5. The van der Waals surface area contributed by atoms with Gasteiger partial charge in [0.05, 0.1) is 11.0 Å². The molecule has 3 aromatic heterocycles. The molecular formula is C55H32N4O. The average molecular weight is 765 g/mol. The van der Waals surface area contributed by atoms with Crippen LogP contribution in [-0.2, 0) is 0 Å². The minimum Gasteiger partial charge on any atom is -0.455 e. The van der Waals surface area contributed by atoms with E-state index in [1.807, 2.05) is 6.07 Å². The van der Waals surface area contributed by atoms with Crippen LogP contribution >= 0.6 is 0 Å². The molecule has 0 bridgehead atoms. The molecule has 3 heterocycles. The highest BCUT2D eigenvalue weighted by Gasteiger charge is 2.25. The summed E-state index contributed by atoms with van der Waals surface area (Å²) in [5.41, 5.74) is 7.64. The SMILES string of the molecule is c1ccc2cc(-c3nc(-c4ccc5ccccc5c4)nc(-n4c5ccc6ccccc6c5c5cccc(-c6c7ccccc7cc7c6oc6ccccc67)c54)n3)ccc2c1. The summed E-state index contributed by atoms with van der Waals surface area (Å²) in [5.74, 6) is 1.75. The van der Waals surface area contributed by atoms with Crippen LogP contribution in [0.15, 0.2) is 199 Å². The fourth-order valence-corrected chi connectivity index (χ4v) is 9.42. The number of hydrogen-bond donors (Lipinski definition) is 0. The average Bonchev–Trinajstić information content (AvgIpc) is 3.86. The van der Waals surface area contributed by atoms with E-state index in [2.05, 4.69) is 193 Å². The molecule has 60 heavy (non-hydrogen) atoms. The van der Waals surface area contributed by atoms with Crippen molar-refractivity contribution in [3.8, 4) is 39.9 Å². The predicted molar refractivity (Wildman–Crippen MR) is 248 cm³/mol. The Kier molecular flexibility index (Phi) is 6.95. The fourth-order valence-electron chi connectivity index (χ4n) is 9.42. The van der Waals surface area contributed by atoms with Crippen LogP contribution in [0.4, 0.5) is 0 Å². The molecule has 0 spiro atoms. The van der Waals surface area contributed by atoms with Crippen LogP contribution in [-0.4, -0.2) is 19.5 Å². The number of hydrogen-bond acceptors (Lipinski definition) is 4. The number of fused-ring (bicyclic) bond motifs is 11. The zero-order valence-electron chi connectivity index (χ0n) is 32.2. The largest absolute Gasteiger partial charge is 0.455 e. The molecular weight excluding hydrogens is 733 g/mol. The molecule has 0 radical (unpaired) electrons. The molecule has 10 aromatic carbocycles.